The molecule has 150 valence electrons. The van der Waals surface area contributed by atoms with E-state index in [0.29, 0.717) is 11.1 Å². The molecule has 30 heavy (non-hydrogen) atoms. The summed E-state index contributed by atoms with van der Waals surface area (Å²) in [4.78, 5) is 0. The average Bonchev–Trinajstić information content (AvgIpc) is 2.77. The summed E-state index contributed by atoms with van der Waals surface area (Å²) in [6.07, 6.45) is 4.59. The van der Waals surface area contributed by atoms with Gasteiger partial charge in [-0.3, -0.25) is 0 Å². The number of aryl methyl sites for hydroxylation is 2. The Morgan fingerprint density at radius 2 is 1.30 bits per heavy atom. The second-order valence-corrected chi connectivity index (χ2v) is 7.59. The number of fused-ring (bicyclic) bond motifs is 1. The number of benzene rings is 4. The van der Waals surface area contributed by atoms with E-state index < -0.39 is 11.6 Å². The smallest absolute Gasteiger partial charge is 0.134 e. The highest BCUT2D eigenvalue weighted by Crippen LogP contribution is 2.32. The standard InChI is InChI=1S/C28H24F2/c1-3-5-6-20-8-10-21(11-9-20)28-26(29)17-25(18-27(28)30)24-14-13-22-15-19(4-2)7-12-23(22)16-24/h3,7-18H,1,4-6H2,2H3. The van der Waals surface area contributed by atoms with E-state index in [-0.39, 0.29) is 5.56 Å². The zero-order valence-electron chi connectivity index (χ0n) is 17.1. The maximum atomic E-state index is 14.9. The van der Waals surface area contributed by atoms with E-state index in [1.54, 1.807) is 12.1 Å². The van der Waals surface area contributed by atoms with Gasteiger partial charge in [-0.05, 0) is 76.1 Å². The van der Waals surface area contributed by atoms with Gasteiger partial charge in [0.25, 0.3) is 0 Å². The second kappa shape index (κ2) is 8.62. The molecule has 0 saturated heterocycles. The molecule has 4 aromatic carbocycles. The second-order valence-electron chi connectivity index (χ2n) is 7.59. The van der Waals surface area contributed by atoms with Crippen LogP contribution in [0.2, 0.25) is 0 Å². The van der Waals surface area contributed by atoms with Crippen LogP contribution in [0.3, 0.4) is 0 Å². The molecule has 0 N–H and O–H groups in total. The Morgan fingerprint density at radius 3 is 1.97 bits per heavy atom. The highest BCUT2D eigenvalue weighted by atomic mass is 19.1. The van der Waals surface area contributed by atoms with Gasteiger partial charge in [0, 0.05) is 0 Å². The number of rotatable bonds is 6. The third-order valence-electron chi connectivity index (χ3n) is 5.57. The Morgan fingerprint density at radius 1 is 0.700 bits per heavy atom. The quantitative estimate of drug-likeness (QED) is 0.288. The summed E-state index contributed by atoms with van der Waals surface area (Å²) in [6, 6.07) is 22.5. The highest BCUT2D eigenvalue weighted by Gasteiger charge is 2.14. The van der Waals surface area contributed by atoms with Crippen LogP contribution in [0.1, 0.15) is 24.5 Å². The fourth-order valence-electron chi connectivity index (χ4n) is 3.82. The van der Waals surface area contributed by atoms with Gasteiger partial charge in [-0.15, -0.1) is 6.58 Å². The number of allylic oxidation sites excluding steroid dienone is 1. The third-order valence-corrected chi connectivity index (χ3v) is 5.57. The molecule has 2 heteroatoms. The number of hydrogen-bond acceptors (Lipinski definition) is 0. The van der Waals surface area contributed by atoms with Gasteiger partial charge in [-0.2, -0.15) is 0 Å². The minimum Gasteiger partial charge on any atom is -0.206 e. The van der Waals surface area contributed by atoms with Crippen LogP contribution in [-0.4, -0.2) is 0 Å². The van der Waals surface area contributed by atoms with Crippen molar-refractivity contribution in [3.8, 4) is 22.3 Å². The highest BCUT2D eigenvalue weighted by molar-refractivity contribution is 5.88. The van der Waals surface area contributed by atoms with Gasteiger partial charge < -0.3 is 0 Å². The molecular weight excluding hydrogens is 374 g/mol. The Bertz CT molecular complexity index is 1180. The Hall–Kier alpha value is -3.26. The third kappa shape index (κ3) is 4.04. The average molecular weight is 398 g/mol. The molecule has 0 aliphatic heterocycles. The SMILES string of the molecule is C=CCCc1ccc(-c2c(F)cc(-c3ccc4cc(CC)ccc4c3)cc2F)cc1. The van der Waals surface area contributed by atoms with Crippen LogP contribution >= 0.6 is 0 Å². The molecule has 0 heterocycles. The molecule has 0 aromatic heterocycles. The van der Waals surface area contributed by atoms with Crippen LogP contribution in [0.25, 0.3) is 33.0 Å². The lowest BCUT2D eigenvalue weighted by atomic mass is 9.96. The Labute approximate surface area is 176 Å². The van der Waals surface area contributed by atoms with Crippen molar-refractivity contribution in [2.24, 2.45) is 0 Å². The van der Waals surface area contributed by atoms with Crippen LogP contribution < -0.4 is 0 Å². The van der Waals surface area contributed by atoms with Crippen molar-refractivity contribution in [3.63, 3.8) is 0 Å². The van der Waals surface area contributed by atoms with Crippen LogP contribution in [0.15, 0.2) is 85.5 Å². The van der Waals surface area contributed by atoms with E-state index in [1.807, 2.05) is 36.4 Å². The van der Waals surface area contributed by atoms with Gasteiger partial charge in [-0.25, -0.2) is 8.78 Å². The predicted octanol–water partition coefficient (Wildman–Crippen LogP) is 8.13. The first-order chi connectivity index (χ1) is 14.6. The van der Waals surface area contributed by atoms with Crippen LogP contribution in [0.4, 0.5) is 8.78 Å². The van der Waals surface area contributed by atoms with Crippen molar-refractivity contribution in [2.75, 3.05) is 0 Å². The normalized spacial score (nSPS) is 11.0. The monoisotopic (exact) mass is 398 g/mol. The topological polar surface area (TPSA) is 0 Å². The fraction of sp³-hybridized carbons (Fsp3) is 0.143. The lowest BCUT2D eigenvalue weighted by molar-refractivity contribution is 0.590. The molecule has 0 spiro atoms. The van der Waals surface area contributed by atoms with Crippen molar-refractivity contribution in [3.05, 3.63) is 108 Å². The molecule has 0 aliphatic rings. The minimum atomic E-state index is -0.551. The summed E-state index contributed by atoms with van der Waals surface area (Å²) in [6.45, 7) is 5.84. The van der Waals surface area contributed by atoms with Gasteiger partial charge in [-0.1, -0.05) is 67.6 Å². The summed E-state index contributed by atoms with van der Waals surface area (Å²) in [5.41, 5.74) is 4.30. The van der Waals surface area contributed by atoms with E-state index in [9.17, 15) is 8.78 Å². The van der Waals surface area contributed by atoms with Crippen molar-refractivity contribution in [1.82, 2.24) is 0 Å². The largest absolute Gasteiger partial charge is 0.206 e. The molecule has 0 radical (unpaired) electrons. The lowest BCUT2D eigenvalue weighted by Crippen LogP contribution is -1.93. The molecule has 0 atom stereocenters. The maximum Gasteiger partial charge on any atom is 0.134 e. The number of hydrogen-bond donors (Lipinski definition) is 0. The lowest BCUT2D eigenvalue weighted by Gasteiger charge is -2.11. The Balaban J connectivity index is 1.68. The van der Waals surface area contributed by atoms with Gasteiger partial charge in [0.05, 0.1) is 5.56 Å². The molecular formula is C28H24F2. The van der Waals surface area contributed by atoms with Crippen molar-refractivity contribution in [1.29, 1.82) is 0 Å². The molecule has 0 nitrogen and oxygen atoms in total. The van der Waals surface area contributed by atoms with E-state index >= 15 is 0 Å². The van der Waals surface area contributed by atoms with Gasteiger partial charge in [0.1, 0.15) is 11.6 Å². The molecule has 4 rings (SSSR count). The molecule has 0 unspecified atom stereocenters. The summed E-state index contributed by atoms with van der Waals surface area (Å²) in [5, 5.41) is 2.19. The van der Waals surface area contributed by atoms with Crippen LogP contribution in [0, 0.1) is 11.6 Å². The molecule has 0 aliphatic carbocycles. The minimum absolute atomic E-state index is 0.0161. The zero-order valence-corrected chi connectivity index (χ0v) is 17.1. The predicted molar refractivity (Wildman–Crippen MR) is 123 cm³/mol. The van der Waals surface area contributed by atoms with E-state index in [2.05, 4.69) is 31.7 Å². The summed E-state index contributed by atoms with van der Waals surface area (Å²) in [7, 11) is 0. The van der Waals surface area contributed by atoms with Gasteiger partial charge in [0.15, 0.2) is 0 Å². The van der Waals surface area contributed by atoms with E-state index in [0.717, 1.165) is 41.2 Å². The van der Waals surface area contributed by atoms with Gasteiger partial charge in [0.2, 0.25) is 0 Å². The van der Waals surface area contributed by atoms with Crippen molar-refractivity contribution in [2.45, 2.75) is 26.2 Å². The van der Waals surface area contributed by atoms with Crippen LogP contribution in [-0.2, 0) is 12.8 Å². The molecule has 0 bridgehead atoms. The molecule has 4 aromatic rings. The Kier molecular flexibility index (Phi) is 5.76. The molecule has 0 amide bonds. The first-order valence-corrected chi connectivity index (χ1v) is 10.3. The fourth-order valence-corrected chi connectivity index (χ4v) is 3.82. The zero-order chi connectivity index (χ0) is 21.1. The summed E-state index contributed by atoms with van der Waals surface area (Å²) < 4.78 is 29.9. The van der Waals surface area contributed by atoms with E-state index in [4.69, 9.17) is 0 Å². The first-order valence-electron chi connectivity index (χ1n) is 10.3. The number of halogens is 2. The first kappa shape index (κ1) is 20.0. The maximum absolute atomic E-state index is 14.9. The van der Waals surface area contributed by atoms with Crippen LogP contribution in [0.5, 0.6) is 0 Å². The van der Waals surface area contributed by atoms with Gasteiger partial charge >= 0.3 is 0 Å². The molecule has 0 saturated carbocycles. The van der Waals surface area contributed by atoms with Crippen molar-refractivity contribution >= 4 is 10.8 Å². The summed E-state index contributed by atoms with van der Waals surface area (Å²) in [5.74, 6) is -1.10. The molecule has 0 fully saturated rings. The van der Waals surface area contributed by atoms with E-state index in [1.165, 1.54) is 17.7 Å². The van der Waals surface area contributed by atoms with Crippen molar-refractivity contribution < 1.29 is 8.78 Å². The summed E-state index contributed by atoms with van der Waals surface area (Å²) >= 11 is 0.